The lowest BCUT2D eigenvalue weighted by molar-refractivity contribution is 0.0944. The maximum Gasteiger partial charge on any atom is 0.272 e. The number of pyridine rings is 1. The lowest BCUT2D eigenvalue weighted by Gasteiger charge is -2.22. The van der Waals surface area contributed by atoms with E-state index < -0.39 is 0 Å². The number of piperidine rings is 1. The standard InChI is InChI=1S/C19H28N6O2/c1-24(2)10-11-27-18-12-15(5-8-21-18)13-22-19(26)17-6-9-25(23-17)16-4-3-7-20-14-16/h5-6,8-9,12,16,20H,3-4,7,10-11,13-14H2,1-2H3,(H,22,26). The zero-order valence-electron chi connectivity index (χ0n) is 16.0. The Morgan fingerprint density at radius 3 is 3.11 bits per heavy atom. The molecule has 1 atom stereocenters. The Morgan fingerprint density at radius 2 is 2.33 bits per heavy atom. The van der Waals surface area contributed by atoms with Gasteiger partial charge in [0.05, 0.1) is 6.04 Å². The first-order valence-electron chi connectivity index (χ1n) is 9.38. The van der Waals surface area contributed by atoms with Gasteiger partial charge in [-0.2, -0.15) is 5.10 Å². The highest BCUT2D eigenvalue weighted by atomic mass is 16.5. The second kappa shape index (κ2) is 9.48. The Kier molecular flexibility index (Phi) is 6.78. The molecule has 3 heterocycles. The maximum atomic E-state index is 12.4. The van der Waals surface area contributed by atoms with Gasteiger partial charge in [-0.05, 0) is 51.2 Å². The fraction of sp³-hybridized carbons (Fsp3) is 0.526. The van der Waals surface area contributed by atoms with Crippen molar-refractivity contribution in [3.05, 3.63) is 41.9 Å². The molecule has 1 saturated heterocycles. The van der Waals surface area contributed by atoms with Crippen LogP contribution in [0.15, 0.2) is 30.6 Å². The third-order valence-corrected chi connectivity index (χ3v) is 4.53. The van der Waals surface area contributed by atoms with Gasteiger partial charge in [0.1, 0.15) is 12.3 Å². The van der Waals surface area contributed by atoms with Crippen molar-refractivity contribution in [2.24, 2.45) is 0 Å². The number of hydrogen-bond donors (Lipinski definition) is 2. The molecule has 0 radical (unpaired) electrons. The Bertz CT molecular complexity index is 739. The quantitative estimate of drug-likeness (QED) is 0.721. The molecule has 8 nitrogen and oxygen atoms in total. The van der Waals surface area contributed by atoms with Gasteiger partial charge in [-0.15, -0.1) is 0 Å². The average Bonchev–Trinajstić information content (AvgIpc) is 3.17. The second-order valence-corrected chi connectivity index (χ2v) is 7.02. The minimum atomic E-state index is -0.176. The van der Waals surface area contributed by atoms with E-state index >= 15 is 0 Å². The highest BCUT2D eigenvalue weighted by Gasteiger charge is 2.17. The molecule has 8 heteroatoms. The van der Waals surface area contributed by atoms with Gasteiger partial charge in [0.2, 0.25) is 5.88 Å². The van der Waals surface area contributed by atoms with E-state index in [0.29, 0.717) is 30.8 Å². The van der Waals surface area contributed by atoms with E-state index in [1.807, 2.05) is 42.0 Å². The van der Waals surface area contributed by atoms with Crippen molar-refractivity contribution in [3.63, 3.8) is 0 Å². The molecule has 0 aliphatic carbocycles. The summed E-state index contributed by atoms with van der Waals surface area (Å²) in [5.74, 6) is 0.391. The van der Waals surface area contributed by atoms with Crippen LogP contribution in [0, 0.1) is 0 Å². The van der Waals surface area contributed by atoms with Gasteiger partial charge in [0.15, 0.2) is 0 Å². The Morgan fingerprint density at radius 1 is 1.44 bits per heavy atom. The van der Waals surface area contributed by atoms with E-state index in [1.54, 1.807) is 12.3 Å². The number of likely N-dealkylation sites (N-methyl/N-ethyl adjacent to an activating group) is 1. The average molecular weight is 372 g/mol. The molecule has 2 N–H and O–H groups in total. The Labute approximate surface area is 159 Å². The van der Waals surface area contributed by atoms with Crippen LogP contribution in [-0.4, -0.2) is 65.9 Å². The van der Waals surface area contributed by atoms with Crippen molar-refractivity contribution in [3.8, 4) is 5.88 Å². The minimum absolute atomic E-state index is 0.176. The van der Waals surface area contributed by atoms with Crippen LogP contribution in [0.2, 0.25) is 0 Å². The number of amides is 1. The highest BCUT2D eigenvalue weighted by molar-refractivity contribution is 5.92. The molecule has 1 amide bonds. The van der Waals surface area contributed by atoms with Crippen molar-refractivity contribution >= 4 is 5.91 Å². The smallest absolute Gasteiger partial charge is 0.272 e. The van der Waals surface area contributed by atoms with Crippen LogP contribution in [0.4, 0.5) is 0 Å². The van der Waals surface area contributed by atoms with Crippen molar-refractivity contribution in [2.75, 3.05) is 40.3 Å². The molecule has 2 aromatic rings. The Hall–Kier alpha value is -2.45. The van der Waals surface area contributed by atoms with E-state index in [0.717, 1.165) is 38.0 Å². The predicted molar refractivity (Wildman–Crippen MR) is 103 cm³/mol. The van der Waals surface area contributed by atoms with Crippen LogP contribution in [0.25, 0.3) is 0 Å². The number of nitrogens with one attached hydrogen (secondary N) is 2. The third kappa shape index (κ3) is 5.77. The van der Waals surface area contributed by atoms with Crippen LogP contribution in [0.1, 0.15) is 34.9 Å². The zero-order valence-corrected chi connectivity index (χ0v) is 16.0. The number of nitrogens with zero attached hydrogens (tertiary/aromatic N) is 4. The van der Waals surface area contributed by atoms with Crippen LogP contribution < -0.4 is 15.4 Å². The van der Waals surface area contributed by atoms with Crippen molar-refractivity contribution in [1.29, 1.82) is 0 Å². The molecule has 0 saturated carbocycles. The molecule has 1 aliphatic heterocycles. The first kappa shape index (κ1) is 19.3. The minimum Gasteiger partial charge on any atom is -0.476 e. The number of carbonyl (C=O) groups excluding carboxylic acids is 1. The first-order valence-corrected chi connectivity index (χ1v) is 9.38. The molecular formula is C19H28N6O2. The van der Waals surface area contributed by atoms with E-state index in [1.165, 1.54) is 0 Å². The predicted octanol–water partition coefficient (Wildman–Crippen LogP) is 1.07. The second-order valence-electron chi connectivity index (χ2n) is 7.02. The molecule has 0 spiro atoms. The summed E-state index contributed by atoms with van der Waals surface area (Å²) in [6, 6.07) is 5.81. The fourth-order valence-corrected chi connectivity index (χ4v) is 2.97. The number of hydrogen-bond acceptors (Lipinski definition) is 6. The normalized spacial score (nSPS) is 17.1. The topological polar surface area (TPSA) is 84.3 Å². The van der Waals surface area contributed by atoms with Crippen LogP contribution >= 0.6 is 0 Å². The molecule has 146 valence electrons. The van der Waals surface area contributed by atoms with E-state index in [9.17, 15) is 4.79 Å². The summed E-state index contributed by atoms with van der Waals surface area (Å²) in [5, 5.41) is 10.7. The van der Waals surface area contributed by atoms with Crippen LogP contribution in [0.5, 0.6) is 5.88 Å². The van der Waals surface area contributed by atoms with Crippen molar-refractivity contribution in [1.82, 2.24) is 30.3 Å². The molecule has 0 bridgehead atoms. The molecular weight excluding hydrogens is 344 g/mol. The summed E-state index contributed by atoms with van der Waals surface area (Å²) >= 11 is 0. The molecule has 1 fully saturated rings. The lowest BCUT2D eigenvalue weighted by Crippen LogP contribution is -2.32. The number of rotatable bonds is 8. The molecule has 2 aromatic heterocycles. The molecule has 1 unspecified atom stereocenters. The summed E-state index contributed by atoms with van der Waals surface area (Å²) in [7, 11) is 3.99. The maximum absolute atomic E-state index is 12.4. The number of carbonyl (C=O) groups is 1. The van der Waals surface area contributed by atoms with Gasteiger partial charge in [0.25, 0.3) is 5.91 Å². The fourth-order valence-electron chi connectivity index (χ4n) is 2.97. The number of ether oxygens (including phenoxy) is 1. The molecule has 0 aromatic carbocycles. The van der Waals surface area contributed by atoms with Gasteiger partial charge in [-0.25, -0.2) is 4.98 Å². The summed E-state index contributed by atoms with van der Waals surface area (Å²) in [5.41, 5.74) is 1.38. The van der Waals surface area contributed by atoms with Gasteiger partial charge in [-0.3, -0.25) is 9.48 Å². The SMILES string of the molecule is CN(C)CCOc1cc(CNC(=O)c2ccn(C3CCCNC3)n2)ccn1. The molecule has 3 rings (SSSR count). The first-order chi connectivity index (χ1) is 13.1. The van der Waals surface area contributed by atoms with Crippen LogP contribution in [0.3, 0.4) is 0 Å². The third-order valence-electron chi connectivity index (χ3n) is 4.53. The van der Waals surface area contributed by atoms with Gasteiger partial charge < -0.3 is 20.3 Å². The van der Waals surface area contributed by atoms with Gasteiger partial charge in [-0.1, -0.05) is 0 Å². The highest BCUT2D eigenvalue weighted by Crippen LogP contribution is 2.16. The summed E-state index contributed by atoms with van der Waals surface area (Å²) in [4.78, 5) is 18.6. The lowest BCUT2D eigenvalue weighted by atomic mass is 10.1. The molecule has 1 aliphatic rings. The number of aromatic nitrogens is 3. The van der Waals surface area contributed by atoms with Gasteiger partial charge in [0, 0.05) is 38.1 Å². The Balaban J connectivity index is 1.51. The van der Waals surface area contributed by atoms with E-state index in [-0.39, 0.29) is 5.91 Å². The summed E-state index contributed by atoms with van der Waals surface area (Å²) in [6.07, 6.45) is 5.80. The van der Waals surface area contributed by atoms with Gasteiger partial charge >= 0.3 is 0 Å². The van der Waals surface area contributed by atoms with E-state index in [4.69, 9.17) is 4.74 Å². The van der Waals surface area contributed by atoms with Crippen LogP contribution in [-0.2, 0) is 6.54 Å². The van der Waals surface area contributed by atoms with Crippen molar-refractivity contribution < 1.29 is 9.53 Å². The summed E-state index contributed by atoms with van der Waals surface area (Å²) in [6.45, 7) is 3.75. The monoisotopic (exact) mass is 372 g/mol. The van der Waals surface area contributed by atoms with E-state index in [2.05, 4.69) is 20.7 Å². The largest absolute Gasteiger partial charge is 0.476 e. The van der Waals surface area contributed by atoms with Crippen molar-refractivity contribution in [2.45, 2.75) is 25.4 Å². The zero-order chi connectivity index (χ0) is 19.1. The molecule has 27 heavy (non-hydrogen) atoms. The summed E-state index contributed by atoms with van der Waals surface area (Å²) < 4.78 is 7.53.